The molecule has 2 rings (SSSR count). The van der Waals surface area contributed by atoms with Crippen LogP contribution < -0.4 is 5.73 Å². The molecule has 2 N–H and O–H groups in total. The fraction of sp³-hybridized carbons (Fsp3) is 0.438. The molecule has 0 fully saturated rings. The van der Waals surface area contributed by atoms with Gasteiger partial charge in [-0.15, -0.1) is 0 Å². The van der Waals surface area contributed by atoms with Crippen molar-refractivity contribution in [2.45, 2.75) is 32.5 Å². The first kappa shape index (κ1) is 15.7. The van der Waals surface area contributed by atoms with Crippen molar-refractivity contribution in [2.24, 2.45) is 5.73 Å². The molecule has 0 aliphatic carbocycles. The molecule has 0 bridgehead atoms. The molecule has 21 heavy (non-hydrogen) atoms. The number of aromatic nitrogens is 2. The van der Waals surface area contributed by atoms with Crippen molar-refractivity contribution in [3.05, 3.63) is 53.9 Å². The topological polar surface area (TPSA) is 47.1 Å². The number of halogens is 1. The van der Waals surface area contributed by atoms with Gasteiger partial charge < -0.3 is 10.3 Å². The highest BCUT2D eigenvalue weighted by Gasteiger charge is 2.19. The molecule has 1 unspecified atom stereocenters. The summed E-state index contributed by atoms with van der Waals surface area (Å²) in [6.07, 6.45) is 4.76. The zero-order valence-corrected chi connectivity index (χ0v) is 12.7. The number of benzene rings is 1. The molecule has 1 heterocycles. The third-order valence-electron chi connectivity index (χ3n) is 3.63. The van der Waals surface area contributed by atoms with Crippen LogP contribution in [0.25, 0.3) is 0 Å². The van der Waals surface area contributed by atoms with Crippen LogP contribution in [0.4, 0.5) is 4.39 Å². The Bertz CT molecular complexity index is 567. The lowest BCUT2D eigenvalue weighted by Gasteiger charge is -2.27. The third-order valence-corrected chi connectivity index (χ3v) is 3.63. The van der Waals surface area contributed by atoms with E-state index >= 15 is 0 Å². The van der Waals surface area contributed by atoms with Crippen LogP contribution in [0.3, 0.4) is 0 Å². The minimum Gasteiger partial charge on any atom is -0.333 e. The van der Waals surface area contributed by atoms with Crippen molar-refractivity contribution in [1.29, 1.82) is 0 Å². The molecule has 1 atom stereocenters. The van der Waals surface area contributed by atoms with Crippen LogP contribution in [0.2, 0.25) is 0 Å². The zero-order valence-electron chi connectivity index (χ0n) is 12.7. The molecular formula is C16H23FN4. The lowest BCUT2D eigenvalue weighted by Crippen LogP contribution is -2.31. The molecule has 2 aromatic rings. The van der Waals surface area contributed by atoms with Crippen molar-refractivity contribution < 1.29 is 4.39 Å². The molecular weight excluding hydrogens is 267 g/mol. The van der Waals surface area contributed by atoms with Crippen molar-refractivity contribution >= 4 is 0 Å². The minimum atomic E-state index is -0.207. The van der Waals surface area contributed by atoms with Gasteiger partial charge in [0.25, 0.3) is 0 Å². The Hall–Kier alpha value is -1.72. The van der Waals surface area contributed by atoms with E-state index in [-0.39, 0.29) is 11.9 Å². The van der Waals surface area contributed by atoms with Gasteiger partial charge in [-0.3, -0.25) is 4.90 Å². The number of nitrogens with zero attached hydrogens (tertiary/aromatic N) is 3. The maximum absolute atomic E-state index is 13.3. The van der Waals surface area contributed by atoms with Gasteiger partial charge in [-0.2, -0.15) is 0 Å². The first-order valence-electron chi connectivity index (χ1n) is 7.30. The second-order valence-electron chi connectivity index (χ2n) is 5.31. The van der Waals surface area contributed by atoms with Crippen molar-refractivity contribution in [3.8, 4) is 0 Å². The summed E-state index contributed by atoms with van der Waals surface area (Å²) < 4.78 is 15.4. The van der Waals surface area contributed by atoms with Gasteiger partial charge in [0.15, 0.2) is 0 Å². The summed E-state index contributed by atoms with van der Waals surface area (Å²) in [5.41, 5.74) is 8.01. The SMILES string of the molecule is CCCn1cncc1C(CN)N(C)Cc1cccc(F)c1. The van der Waals surface area contributed by atoms with E-state index in [1.54, 1.807) is 12.1 Å². The number of aryl methyl sites for hydroxylation is 1. The second-order valence-corrected chi connectivity index (χ2v) is 5.31. The molecule has 0 aliphatic rings. The molecule has 114 valence electrons. The highest BCUT2D eigenvalue weighted by atomic mass is 19.1. The molecule has 0 saturated heterocycles. The smallest absolute Gasteiger partial charge is 0.123 e. The number of hydrogen-bond acceptors (Lipinski definition) is 3. The van der Waals surface area contributed by atoms with Gasteiger partial charge in [0, 0.05) is 25.8 Å². The average Bonchev–Trinajstić information content (AvgIpc) is 2.88. The number of hydrogen-bond donors (Lipinski definition) is 1. The van der Waals surface area contributed by atoms with Gasteiger partial charge in [-0.05, 0) is 31.2 Å². The first-order valence-corrected chi connectivity index (χ1v) is 7.30. The summed E-state index contributed by atoms with van der Waals surface area (Å²) in [6, 6.07) is 6.75. The predicted molar refractivity (Wildman–Crippen MR) is 82.2 cm³/mol. The fourth-order valence-corrected chi connectivity index (χ4v) is 2.60. The molecule has 1 aromatic heterocycles. The van der Waals surface area contributed by atoms with E-state index in [0.29, 0.717) is 13.1 Å². The normalized spacial score (nSPS) is 12.8. The maximum atomic E-state index is 13.3. The molecule has 4 nitrogen and oxygen atoms in total. The van der Waals surface area contributed by atoms with Crippen molar-refractivity contribution in [2.75, 3.05) is 13.6 Å². The summed E-state index contributed by atoms with van der Waals surface area (Å²) in [5.74, 6) is -0.207. The molecule has 0 saturated carbocycles. The van der Waals surface area contributed by atoms with E-state index in [0.717, 1.165) is 24.2 Å². The monoisotopic (exact) mass is 290 g/mol. The van der Waals surface area contributed by atoms with Gasteiger partial charge >= 0.3 is 0 Å². The van der Waals surface area contributed by atoms with Crippen molar-refractivity contribution in [1.82, 2.24) is 14.5 Å². The van der Waals surface area contributed by atoms with E-state index < -0.39 is 0 Å². The average molecular weight is 290 g/mol. The van der Waals surface area contributed by atoms with Crippen LogP contribution >= 0.6 is 0 Å². The lowest BCUT2D eigenvalue weighted by molar-refractivity contribution is 0.232. The number of rotatable bonds is 7. The van der Waals surface area contributed by atoms with Crippen LogP contribution in [-0.4, -0.2) is 28.0 Å². The second kappa shape index (κ2) is 7.33. The Morgan fingerprint density at radius 2 is 2.24 bits per heavy atom. The Kier molecular flexibility index (Phi) is 5.47. The number of imidazole rings is 1. The zero-order chi connectivity index (χ0) is 15.2. The maximum Gasteiger partial charge on any atom is 0.123 e. The number of likely N-dealkylation sites (N-methyl/N-ethyl adjacent to an activating group) is 1. The van der Waals surface area contributed by atoms with Gasteiger partial charge in [0.2, 0.25) is 0 Å². The molecule has 0 amide bonds. The van der Waals surface area contributed by atoms with E-state index in [4.69, 9.17) is 5.73 Å². The van der Waals surface area contributed by atoms with E-state index in [9.17, 15) is 4.39 Å². The van der Waals surface area contributed by atoms with Crippen LogP contribution in [0.1, 0.15) is 30.6 Å². The fourth-order valence-electron chi connectivity index (χ4n) is 2.60. The molecule has 0 aliphatic heterocycles. The molecule has 0 radical (unpaired) electrons. The van der Waals surface area contributed by atoms with Gasteiger partial charge in [-0.1, -0.05) is 19.1 Å². The molecule has 5 heteroatoms. The standard InChI is InChI=1S/C16H23FN4/c1-3-7-21-12-19-10-16(21)15(9-18)20(2)11-13-5-4-6-14(17)8-13/h4-6,8,10,12,15H,3,7,9,11,18H2,1-2H3. The van der Waals surface area contributed by atoms with E-state index in [1.165, 1.54) is 6.07 Å². The van der Waals surface area contributed by atoms with Gasteiger partial charge in [0.05, 0.1) is 18.1 Å². The highest BCUT2D eigenvalue weighted by molar-refractivity contribution is 5.17. The van der Waals surface area contributed by atoms with Gasteiger partial charge in [-0.25, -0.2) is 9.37 Å². The third kappa shape index (κ3) is 3.89. The lowest BCUT2D eigenvalue weighted by atomic mass is 10.1. The number of nitrogens with two attached hydrogens (primary N) is 1. The summed E-state index contributed by atoms with van der Waals surface area (Å²) in [4.78, 5) is 6.37. The first-order chi connectivity index (χ1) is 10.2. The largest absolute Gasteiger partial charge is 0.333 e. The Labute approximate surface area is 125 Å². The molecule has 0 spiro atoms. The summed E-state index contributed by atoms with van der Waals surface area (Å²) in [6.45, 7) is 4.22. The minimum absolute atomic E-state index is 0.0716. The molecule has 1 aromatic carbocycles. The Morgan fingerprint density at radius 3 is 2.90 bits per heavy atom. The van der Waals surface area contributed by atoms with Crippen LogP contribution in [0, 0.1) is 5.82 Å². The Morgan fingerprint density at radius 1 is 1.43 bits per heavy atom. The van der Waals surface area contributed by atoms with Crippen molar-refractivity contribution in [3.63, 3.8) is 0 Å². The van der Waals surface area contributed by atoms with E-state index in [2.05, 4.69) is 21.4 Å². The van der Waals surface area contributed by atoms with E-state index in [1.807, 2.05) is 25.6 Å². The summed E-state index contributed by atoms with van der Waals surface area (Å²) in [5, 5.41) is 0. The summed E-state index contributed by atoms with van der Waals surface area (Å²) in [7, 11) is 2.01. The predicted octanol–water partition coefficient (Wildman–Crippen LogP) is 2.56. The quantitative estimate of drug-likeness (QED) is 0.852. The summed E-state index contributed by atoms with van der Waals surface area (Å²) >= 11 is 0. The Balaban J connectivity index is 2.14. The van der Waals surface area contributed by atoms with Crippen LogP contribution in [0.5, 0.6) is 0 Å². The van der Waals surface area contributed by atoms with Gasteiger partial charge in [0.1, 0.15) is 5.82 Å². The highest BCUT2D eigenvalue weighted by Crippen LogP contribution is 2.20. The van der Waals surface area contributed by atoms with Crippen LogP contribution in [-0.2, 0) is 13.1 Å². The van der Waals surface area contributed by atoms with Crippen LogP contribution in [0.15, 0.2) is 36.8 Å².